The fourth-order valence-electron chi connectivity index (χ4n) is 3.10. The Morgan fingerprint density at radius 2 is 1.78 bits per heavy atom. The Kier molecular flexibility index (Phi) is 5.31. The van der Waals surface area contributed by atoms with Crippen LogP contribution in [0.15, 0.2) is 48.5 Å². The number of ether oxygens (including phenoxy) is 1. The highest BCUT2D eigenvalue weighted by Crippen LogP contribution is 2.27. The van der Waals surface area contributed by atoms with Gasteiger partial charge in [0.2, 0.25) is 0 Å². The fraction of sp³-hybridized carbons (Fsp3) is 0.400. The molecule has 1 fully saturated rings. The number of hydrogen-bond donors (Lipinski definition) is 1. The van der Waals surface area contributed by atoms with Gasteiger partial charge in [0.05, 0.1) is 6.10 Å². The van der Waals surface area contributed by atoms with Crippen LogP contribution in [0, 0.1) is 0 Å². The minimum Gasteiger partial charge on any atom is -0.374 e. The smallest absolute Gasteiger partial charge is 0.0796 e. The molecule has 0 spiro atoms. The summed E-state index contributed by atoms with van der Waals surface area (Å²) < 4.78 is 5.66. The van der Waals surface area contributed by atoms with Crippen LogP contribution in [-0.2, 0) is 4.74 Å². The Labute approximate surface area is 139 Å². The Balaban J connectivity index is 1.78. The second kappa shape index (κ2) is 7.62. The third kappa shape index (κ3) is 3.92. The van der Waals surface area contributed by atoms with Crippen LogP contribution >= 0.6 is 0 Å². The summed E-state index contributed by atoms with van der Waals surface area (Å²) >= 11 is 0. The Hall–Kier alpha value is -1.84. The molecule has 0 radical (unpaired) electrons. The molecule has 0 saturated carbocycles. The minimum absolute atomic E-state index is 0.154. The van der Waals surface area contributed by atoms with Crippen molar-refractivity contribution < 1.29 is 4.74 Å². The zero-order valence-corrected chi connectivity index (χ0v) is 14.1. The summed E-state index contributed by atoms with van der Waals surface area (Å²) in [6.07, 6.45) is 0.154. The zero-order valence-electron chi connectivity index (χ0n) is 14.1. The molecule has 0 amide bonds. The molecule has 2 aromatic carbocycles. The Bertz CT molecular complexity index is 618. The lowest BCUT2D eigenvalue weighted by atomic mass is 10.0. The molecular weight excluding hydrogens is 284 g/mol. The molecule has 1 heterocycles. The van der Waals surface area contributed by atoms with Gasteiger partial charge < -0.3 is 15.0 Å². The van der Waals surface area contributed by atoms with Crippen LogP contribution in [0.5, 0.6) is 0 Å². The number of rotatable bonds is 5. The molecule has 1 saturated heterocycles. The van der Waals surface area contributed by atoms with Gasteiger partial charge in [-0.2, -0.15) is 0 Å². The quantitative estimate of drug-likeness (QED) is 0.907. The van der Waals surface area contributed by atoms with Crippen molar-refractivity contribution in [3.8, 4) is 11.1 Å². The third-order valence-corrected chi connectivity index (χ3v) is 4.46. The molecule has 0 unspecified atom stereocenters. The van der Waals surface area contributed by atoms with Crippen molar-refractivity contribution in [1.29, 1.82) is 0 Å². The maximum absolute atomic E-state index is 5.66. The van der Waals surface area contributed by atoms with Gasteiger partial charge in [-0.05, 0) is 42.7 Å². The van der Waals surface area contributed by atoms with E-state index in [1.54, 1.807) is 0 Å². The average molecular weight is 310 g/mol. The summed E-state index contributed by atoms with van der Waals surface area (Å²) in [5.41, 5.74) is 5.08. The van der Waals surface area contributed by atoms with Gasteiger partial charge in [-0.15, -0.1) is 0 Å². The molecule has 3 rings (SSSR count). The molecule has 1 atom stereocenters. The topological polar surface area (TPSA) is 24.5 Å². The third-order valence-electron chi connectivity index (χ3n) is 4.46. The van der Waals surface area contributed by atoms with E-state index in [1.165, 1.54) is 22.4 Å². The normalized spacial score (nSPS) is 16.3. The highest BCUT2D eigenvalue weighted by atomic mass is 16.5. The van der Waals surface area contributed by atoms with Crippen LogP contribution in [-0.4, -0.2) is 32.8 Å². The highest BCUT2D eigenvalue weighted by Gasteiger charge is 2.11. The summed E-state index contributed by atoms with van der Waals surface area (Å²) in [5.74, 6) is 0. The second-order valence-corrected chi connectivity index (χ2v) is 6.01. The predicted octanol–water partition coefficient (Wildman–Crippen LogP) is 3.86. The summed E-state index contributed by atoms with van der Waals surface area (Å²) in [5, 5.41) is 3.40. The van der Waals surface area contributed by atoms with Crippen molar-refractivity contribution in [1.82, 2.24) is 5.32 Å². The van der Waals surface area contributed by atoms with E-state index in [0.29, 0.717) is 0 Å². The van der Waals surface area contributed by atoms with Gasteiger partial charge in [0.1, 0.15) is 0 Å². The minimum atomic E-state index is 0.154. The number of nitrogens with zero attached hydrogens (tertiary/aromatic N) is 1. The van der Waals surface area contributed by atoms with Crippen LogP contribution in [0.3, 0.4) is 0 Å². The zero-order chi connectivity index (χ0) is 16.1. The first kappa shape index (κ1) is 16.0. The second-order valence-electron chi connectivity index (χ2n) is 6.01. The van der Waals surface area contributed by atoms with Crippen LogP contribution in [0.1, 0.15) is 25.5 Å². The number of benzene rings is 2. The average Bonchev–Trinajstić information content (AvgIpc) is 2.63. The maximum Gasteiger partial charge on any atom is 0.0796 e. The Morgan fingerprint density at radius 1 is 1.04 bits per heavy atom. The molecule has 0 bridgehead atoms. The molecule has 0 aliphatic carbocycles. The van der Waals surface area contributed by atoms with Gasteiger partial charge in [0.15, 0.2) is 0 Å². The molecule has 122 valence electrons. The molecule has 23 heavy (non-hydrogen) atoms. The Morgan fingerprint density at radius 3 is 2.48 bits per heavy atom. The summed E-state index contributed by atoms with van der Waals surface area (Å²) in [4.78, 5) is 2.45. The highest BCUT2D eigenvalue weighted by molar-refractivity contribution is 5.69. The number of hydrogen-bond acceptors (Lipinski definition) is 3. The van der Waals surface area contributed by atoms with E-state index in [-0.39, 0.29) is 6.10 Å². The van der Waals surface area contributed by atoms with Gasteiger partial charge in [-0.3, -0.25) is 0 Å². The van der Waals surface area contributed by atoms with Crippen LogP contribution in [0.25, 0.3) is 11.1 Å². The van der Waals surface area contributed by atoms with Crippen LogP contribution < -0.4 is 10.2 Å². The molecule has 1 aliphatic heterocycles. The first-order chi connectivity index (χ1) is 11.3. The summed E-state index contributed by atoms with van der Waals surface area (Å²) in [7, 11) is 0. The van der Waals surface area contributed by atoms with Crippen molar-refractivity contribution in [2.24, 2.45) is 0 Å². The lowest BCUT2D eigenvalue weighted by Crippen LogP contribution is -2.43. The van der Waals surface area contributed by atoms with E-state index < -0.39 is 0 Å². The van der Waals surface area contributed by atoms with Gasteiger partial charge in [0.25, 0.3) is 0 Å². The fourth-order valence-corrected chi connectivity index (χ4v) is 3.10. The molecule has 2 aromatic rings. The SMILES string of the molecule is CCO[C@@H](C)c1ccc(-c2cccc(N3CCNCC3)c2)cc1. The van der Waals surface area contributed by atoms with E-state index in [2.05, 4.69) is 65.7 Å². The molecular formula is C20H26N2O. The van der Waals surface area contributed by atoms with Gasteiger partial charge in [0, 0.05) is 38.5 Å². The molecule has 1 N–H and O–H groups in total. The van der Waals surface area contributed by atoms with Gasteiger partial charge in [-0.25, -0.2) is 0 Å². The first-order valence-corrected chi connectivity index (χ1v) is 8.55. The van der Waals surface area contributed by atoms with Gasteiger partial charge in [-0.1, -0.05) is 36.4 Å². The molecule has 3 heteroatoms. The van der Waals surface area contributed by atoms with Crippen molar-refractivity contribution in [3.63, 3.8) is 0 Å². The van der Waals surface area contributed by atoms with Crippen molar-refractivity contribution in [2.75, 3.05) is 37.7 Å². The summed E-state index contributed by atoms with van der Waals surface area (Å²) in [6, 6.07) is 17.6. The van der Waals surface area contributed by atoms with Crippen molar-refractivity contribution in [3.05, 3.63) is 54.1 Å². The van der Waals surface area contributed by atoms with Crippen molar-refractivity contribution >= 4 is 5.69 Å². The predicted molar refractivity (Wildman–Crippen MR) is 97.0 cm³/mol. The standard InChI is InChI=1S/C20H26N2O/c1-3-23-16(2)17-7-9-18(10-8-17)19-5-4-6-20(15-19)22-13-11-21-12-14-22/h4-10,15-16,21H,3,11-14H2,1-2H3/t16-/m0/s1. The molecule has 3 nitrogen and oxygen atoms in total. The van der Waals surface area contributed by atoms with E-state index in [4.69, 9.17) is 4.74 Å². The maximum atomic E-state index is 5.66. The van der Waals surface area contributed by atoms with Crippen LogP contribution in [0.2, 0.25) is 0 Å². The van der Waals surface area contributed by atoms with Crippen molar-refractivity contribution in [2.45, 2.75) is 20.0 Å². The van der Waals surface area contributed by atoms with E-state index in [0.717, 1.165) is 32.8 Å². The largest absolute Gasteiger partial charge is 0.374 e. The van der Waals surface area contributed by atoms with Crippen LogP contribution in [0.4, 0.5) is 5.69 Å². The van der Waals surface area contributed by atoms with E-state index in [1.807, 2.05) is 6.92 Å². The molecule has 1 aliphatic rings. The van der Waals surface area contributed by atoms with E-state index in [9.17, 15) is 0 Å². The monoisotopic (exact) mass is 310 g/mol. The lowest BCUT2D eigenvalue weighted by Gasteiger charge is -2.29. The number of nitrogens with one attached hydrogen (secondary N) is 1. The number of piperazine rings is 1. The summed E-state index contributed by atoms with van der Waals surface area (Å²) in [6.45, 7) is 9.16. The molecule has 0 aromatic heterocycles. The van der Waals surface area contributed by atoms with E-state index >= 15 is 0 Å². The lowest BCUT2D eigenvalue weighted by molar-refractivity contribution is 0.0764. The number of anilines is 1. The van der Waals surface area contributed by atoms with Gasteiger partial charge >= 0.3 is 0 Å². The first-order valence-electron chi connectivity index (χ1n) is 8.55.